The molecule has 0 spiro atoms. The number of hydrogen-bond acceptors (Lipinski definition) is 6. The van der Waals surface area contributed by atoms with E-state index in [1.807, 2.05) is 0 Å². The van der Waals surface area contributed by atoms with Crippen molar-refractivity contribution in [2.24, 2.45) is 0 Å². The molecular weight excluding hydrogens is 306 g/mol. The topological polar surface area (TPSA) is 156 Å². The Morgan fingerprint density at radius 2 is 1.76 bits per heavy atom. The summed E-state index contributed by atoms with van der Waals surface area (Å²) in [6.07, 6.45) is 1.14. The number of sulfonamides is 1. The smallest absolute Gasteiger partial charge is 0.328 e. The second-order valence-corrected chi connectivity index (χ2v) is 5.20. The van der Waals surface area contributed by atoms with Gasteiger partial charge in [-0.3, -0.25) is 20.3 Å². The van der Waals surface area contributed by atoms with Crippen molar-refractivity contribution in [2.75, 3.05) is 0 Å². The highest BCUT2D eigenvalue weighted by Gasteiger charge is 2.16. The summed E-state index contributed by atoms with van der Waals surface area (Å²) in [5.74, 6) is -2.37. The first-order valence-corrected chi connectivity index (χ1v) is 6.68. The molecule has 1 aromatic rings. The Morgan fingerprint density at radius 1 is 1.19 bits per heavy atom. The van der Waals surface area contributed by atoms with Crippen LogP contribution >= 0.6 is 0 Å². The highest BCUT2D eigenvalue weighted by atomic mass is 32.2. The molecule has 1 amide bonds. The molecule has 0 aliphatic rings. The third kappa shape index (κ3) is 5.00. The van der Waals surface area contributed by atoms with Crippen LogP contribution in [0.15, 0.2) is 41.3 Å². The van der Waals surface area contributed by atoms with E-state index in [9.17, 15) is 28.1 Å². The monoisotopic (exact) mass is 315 g/mol. The number of carboxylic acid groups (broad SMARTS) is 1. The summed E-state index contributed by atoms with van der Waals surface area (Å²) in [4.78, 5) is 32.4. The number of carbonyl (C=O) groups is 2. The van der Waals surface area contributed by atoms with E-state index < -0.39 is 26.8 Å². The van der Waals surface area contributed by atoms with Crippen LogP contribution in [0.5, 0.6) is 0 Å². The van der Waals surface area contributed by atoms with Crippen molar-refractivity contribution in [3.05, 3.63) is 46.5 Å². The van der Waals surface area contributed by atoms with Gasteiger partial charge in [0.15, 0.2) is 0 Å². The molecule has 0 fully saturated rings. The third-order valence-corrected chi connectivity index (χ3v) is 3.31. The SMILES string of the molecule is O=C(O)/C=C\C(=O)NNS(=O)(=O)c1ccc([N+](=O)[O-])cc1. The molecule has 0 atom stereocenters. The Morgan fingerprint density at radius 3 is 2.24 bits per heavy atom. The molecule has 0 aromatic heterocycles. The minimum atomic E-state index is -4.12. The molecule has 0 radical (unpaired) electrons. The molecule has 21 heavy (non-hydrogen) atoms. The molecule has 11 heteroatoms. The van der Waals surface area contributed by atoms with E-state index in [0.29, 0.717) is 12.2 Å². The Labute approximate surface area is 118 Å². The number of rotatable bonds is 6. The summed E-state index contributed by atoms with van der Waals surface area (Å²) in [5.41, 5.74) is 1.46. The Kier molecular flexibility index (Phi) is 5.10. The van der Waals surface area contributed by atoms with Crippen LogP contribution in [0.4, 0.5) is 5.69 Å². The van der Waals surface area contributed by atoms with Gasteiger partial charge in [0.1, 0.15) is 0 Å². The molecule has 0 heterocycles. The van der Waals surface area contributed by atoms with Crippen molar-refractivity contribution in [3.63, 3.8) is 0 Å². The van der Waals surface area contributed by atoms with Crippen molar-refractivity contribution in [1.82, 2.24) is 10.3 Å². The van der Waals surface area contributed by atoms with Gasteiger partial charge in [0, 0.05) is 24.3 Å². The lowest BCUT2D eigenvalue weighted by Crippen LogP contribution is -2.40. The number of aliphatic carboxylic acids is 1. The van der Waals surface area contributed by atoms with Gasteiger partial charge in [0.2, 0.25) is 0 Å². The molecule has 0 aliphatic heterocycles. The molecule has 0 aliphatic carbocycles. The van der Waals surface area contributed by atoms with Crippen LogP contribution in [0.25, 0.3) is 0 Å². The summed E-state index contributed by atoms with van der Waals surface area (Å²) in [7, 11) is -4.12. The zero-order chi connectivity index (χ0) is 16.0. The fourth-order valence-corrected chi connectivity index (χ4v) is 1.96. The van der Waals surface area contributed by atoms with Crippen LogP contribution in [0, 0.1) is 10.1 Å². The highest BCUT2D eigenvalue weighted by molar-refractivity contribution is 7.89. The van der Waals surface area contributed by atoms with Crippen LogP contribution in [-0.2, 0) is 19.6 Å². The number of non-ortho nitro benzene ring substituents is 1. The molecule has 1 rings (SSSR count). The van der Waals surface area contributed by atoms with Crippen LogP contribution in [0.2, 0.25) is 0 Å². The van der Waals surface area contributed by atoms with Gasteiger partial charge < -0.3 is 5.11 Å². The second kappa shape index (κ2) is 6.58. The van der Waals surface area contributed by atoms with Crippen LogP contribution in [0.3, 0.4) is 0 Å². The summed E-state index contributed by atoms with van der Waals surface area (Å²) < 4.78 is 23.4. The Hall–Kier alpha value is -2.79. The van der Waals surface area contributed by atoms with Gasteiger partial charge in [0.25, 0.3) is 21.6 Å². The largest absolute Gasteiger partial charge is 0.478 e. The van der Waals surface area contributed by atoms with E-state index in [4.69, 9.17) is 5.11 Å². The van der Waals surface area contributed by atoms with Crippen molar-refractivity contribution in [3.8, 4) is 0 Å². The van der Waals surface area contributed by atoms with Gasteiger partial charge >= 0.3 is 5.97 Å². The Balaban J connectivity index is 2.75. The predicted molar refractivity (Wildman–Crippen MR) is 68.3 cm³/mol. The van der Waals surface area contributed by atoms with E-state index >= 15 is 0 Å². The third-order valence-electron chi connectivity index (χ3n) is 2.04. The van der Waals surface area contributed by atoms with Gasteiger partial charge in [-0.2, -0.15) is 0 Å². The van der Waals surface area contributed by atoms with Crippen molar-refractivity contribution < 1.29 is 28.0 Å². The zero-order valence-electron chi connectivity index (χ0n) is 10.2. The normalized spacial score (nSPS) is 11.2. The molecule has 10 nitrogen and oxygen atoms in total. The van der Waals surface area contributed by atoms with Gasteiger partial charge in [-0.1, -0.05) is 0 Å². The summed E-state index contributed by atoms with van der Waals surface area (Å²) in [5, 5.41) is 18.7. The molecule has 3 N–H and O–H groups in total. The lowest BCUT2D eigenvalue weighted by molar-refractivity contribution is -0.384. The number of nitrogens with one attached hydrogen (secondary N) is 2. The average molecular weight is 315 g/mol. The Bertz CT molecular complexity index is 694. The van der Waals surface area contributed by atoms with E-state index in [-0.39, 0.29) is 10.6 Å². The molecule has 0 bridgehead atoms. The molecule has 0 unspecified atom stereocenters. The minimum absolute atomic E-state index is 0.289. The minimum Gasteiger partial charge on any atom is -0.478 e. The maximum Gasteiger partial charge on any atom is 0.328 e. The zero-order valence-corrected chi connectivity index (χ0v) is 11.0. The second-order valence-electron chi connectivity index (χ2n) is 3.52. The number of carbonyl (C=O) groups excluding carboxylic acids is 1. The van der Waals surface area contributed by atoms with Crippen molar-refractivity contribution >= 4 is 27.6 Å². The lowest BCUT2D eigenvalue weighted by atomic mass is 10.3. The molecule has 1 aromatic carbocycles. The predicted octanol–water partition coefficient (Wildman–Crippen LogP) is -0.455. The van der Waals surface area contributed by atoms with Gasteiger partial charge in [-0.15, -0.1) is 4.83 Å². The van der Waals surface area contributed by atoms with Crippen LogP contribution in [-0.4, -0.2) is 30.3 Å². The van der Waals surface area contributed by atoms with E-state index in [1.165, 1.54) is 0 Å². The standard InChI is InChI=1S/C10H9N3O7S/c14-9(5-6-10(15)16)11-12-21(19,20)8-3-1-7(2-4-8)13(17)18/h1-6,12H,(H,11,14)(H,15,16)/b6-5-. The first-order chi connectivity index (χ1) is 9.72. The number of nitro benzene ring substituents is 1. The quantitative estimate of drug-likeness (QED) is 0.364. The van der Waals surface area contributed by atoms with Crippen LogP contribution in [0.1, 0.15) is 0 Å². The van der Waals surface area contributed by atoms with Crippen molar-refractivity contribution in [1.29, 1.82) is 0 Å². The van der Waals surface area contributed by atoms with Gasteiger partial charge in [0.05, 0.1) is 9.82 Å². The highest BCUT2D eigenvalue weighted by Crippen LogP contribution is 2.15. The maximum atomic E-state index is 11.7. The summed E-state index contributed by atoms with van der Waals surface area (Å²) >= 11 is 0. The molecular formula is C10H9N3O7S. The lowest BCUT2D eigenvalue weighted by Gasteiger charge is -2.06. The number of hydrazine groups is 1. The summed E-state index contributed by atoms with van der Waals surface area (Å²) in [6, 6.07) is 3.95. The number of carboxylic acids is 1. The number of hydrogen-bond donors (Lipinski definition) is 3. The van der Waals surface area contributed by atoms with Gasteiger partial charge in [-0.25, -0.2) is 13.2 Å². The van der Waals surface area contributed by atoms with Crippen LogP contribution < -0.4 is 10.3 Å². The number of benzene rings is 1. The fraction of sp³-hybridized carbons (Fsp3) is 0. The number of amides is 1. The number of nitrogens with zero attached hydrogens (tertiary/aromatic N) is 1. The van der Waals surface area contributed by atoms with Gasteiger partial charge in [-0.05, 0) is 12.1 Å². The number of nitro groups is 1. The van der Waals surface area contributed by atoms with E-state index in [2.05, 4.69) is 0 Å². The first kappa shape index (κ1) is 16.3. The fourth-order valence-electron chi connectivity index (χ4n) is 1.11. The summed E-state index contributed by atoms with van der Waals surface area (Å²) in [6.45, 7) is 0. The first-order valence-electron chi connectivity index (χ1n) is 5.19. The van der Waals surface area contributed by atoms with E-state index in [1.54, 1.807) is 10.3 Å². The van der Waals surface area contributed by atoms with E-state index in [0.717, 1.165) is 24.3 Å². The molecule has 0 saturated heterocycles. The average Bonchev–Trinajstić information content (AvgIpc) is 2.43. The maximum absolute atomic E-state index is 11.7. The van der Waals surface area contributed by atoms with Crippen molar-refractivity contribution in [2.45, 2.75) is 4.90 Å². The molecule has 0 saturated carbocycles. The molecule has 112 valence electrons.